The van der Waals surface area contributed by atoms with Crippen LogP contribution in [-0.2, 0) is 11.3 Å². The summed E-state index contributed by atoms with van der Waals surface area (Å²) in [6.07, 6.45) is 1.83. The molecular formula is C20H20N4O2S. The van der Waals surface area contributed by atoms with Gasteiger partial charge in [-0.05, 0) is 49.6 Å². The van der Waals surface area contributed by atoms with Gasteiger partial charge in [-0.25, -0.2) is 4.98 Å². The molecule has 1 amide bonds. The summed E-state index contributed by atoms with van der Waals surface area (Å²) in [5.74, 6) is -0.276. The number of benzene rings is 2. The minimum atomic E-state index is -0.276. The maximum absolute atomic E-state index is 12.3. The molecule has 138 valence electrons. The zero-order chi connectivity index (χ0) is 19.2. The van der Waals surface area contributed by atoms with Gasteiger partial charge in [0.1, 0.15) is 6.54 Å². The van der Waals surface area contributed by atoms with Crippen LogP contribution in [0, 0.1) is 6.92 Å². The number of nitrogens with one attached hydrogen (secondary N) is 2. The first kappa shape index (κ1) is 18.7. The van der Waals surface area contributed by atoms with Crippen molar-refractivity contribution in [2.45, 2.75) is 18.6 Å². The van der Waals surface area contributed by atoms with Gasteiger partial charge in [0.05, 0.1) is 0 Å². The van der Waals surface area contributed by atoms with Crippen LogP contribution in [0.2, 0.25) is 0 Å². The molecule has 6 nitrogen and oxygen atoms in total. The SMILES string of the molecule is CSc1nc(C)cc(=O)n1CC(=O)Nc1ccc(Nc2ccccc2)cc1. The Kier molecular flexibility index (Phi) is 5.93. The van der Waals surface area contributed by atoms with Gasteiger partial charge in [0.15, 0.2) is 5.16 Å². The van der Waals surface area contributed by atoms with E-state index in [2.05, 4.69) is 15.6 Å². The van der Waals surface area contributed by atoms with E-state index in [1.54, 1.807) is 6.92 Å². The van der Waals surface area contributed by atoms with Crippen molar-refractivity contribution in [3.8, 4) is 0 Å². The van der Waals surface area contributed by atoms with Crippen molar-refractivity contribution < 1.29 is 4.79 Å². The highest BCUT2D eigenvalue weighted by Gasteiger charge is 2.11. The number of carbonyl (C=O) groups is 1. The lowest BCUT2D eigenvalue weighted by molar-refractivity contribution is -0.116. The van der Waals surface area contributed by atoms with Crippen LogP contribution in [0.5, 0.6) is 0 Å². The van der Waals surface area contributed by atoms with Crippen molar-refractivity contribution in [2.75, 3.05) is 16.9 Å². The molecule has 0 atom stereocenters. The Labute approximate surface area is 161 Å². The van der Waals surface area contributed by atoms with E-state index < -0.39 is 0 Å². The highest BCUT2D eigenvalue weighted by Crippen LogP contribution is 2.18. The van der Waals surface area contributed by atoms with Gasteiger partial charge in [-0.2, -0.15) is 0 Å². The third-order valence-corrected chi connectivity index (χ3v) is 4.49. The zero-order valence-electron chi connectivity index (χ0n) is 15.1. The van der Waals surface area contributed by atoms with Gasteiger partial charge in [-0.1, -0.05) is 30.0 Å². The Balaban J connectivity index is 1.66. The van der Waals surface area contributed by atoms with Crippen LogP contribution in [0.25, 0.3) is 0 Å². The molecule has 0 bridgehead atoms. The average molecular weight is 380 g/mol. The number of amides is 1. The number of aryl methyl sites for hydroxylation is 1. The minimum Gasteiger partial charge on any atom is -0.356 e. The van der Waals surface area contributed by atoms with Crippen LogP contribution in [0.3, 0.4) is 0 Å². The molecule has 0 aliphatic heterocycles. The lowest BCUT2D eigenvalue weighted by Gasteiger charge is -2.12. The van der Waals surface area contributed by atoms with E-state index in [1.165, 1.54) is 22.4 Å². The van der Waals surface area contributed by atoms with Crippen molar-refractivity contribution in [2.24, 2.45) is 0 Å². The van der Waals surface area contributed by atoms with Gasteiger partial charge in [0, 0.05) is 28.8 Å². The first-order valence-corrected chi connectivity index (χ1v) is 9.62. The standard InChI is InChI=1S/C20H20N4O2S/c1-14-12-19(26)24(20(21-14)27-2)13-18(25)23-17-10-8-16(9-11-17)22-15-6-4-3-5-7-15/h3-12,22H,13H2,1-2H3,(H,23,25). The van der Waals surface area contributed by atoms with Crippen molar-refractivity contribution >= 4 is 34.7 Å². The normalized spacial score (nSPS) is 10.4. The number of anilines is 3. The van der Waals surface area contributed by atoms with E-state index in [9.17, 15) is 9.59 Å². The maximum Gasteiger partial charge on any atom is 0.254 e. The van der Waals surface area contributed by atoms with Gasteiger partial charge in [-0.3, -0.25) is 14.2 Å². The van der Waals surface area contributed by atoms with Gasteiger partial charge in [0.2, 0.25) is 5.91 Å². The van der Waals surface area contributed by atoms with Gasteiger partial charge in [0.25, 0.3) is 5.56 Å². The summed E-state index contributed by atoms with van der Waals surface area (Å²) in [5.41, 5.74) is 2.98. The van der Waals surface area contributed by atoms with E-state index >= 15 is 0 Å². The molecule has 3 rings (SSSR count). The lowest BCUT2D eigenvalue weighted by Crippen LogP contribution is -2.29. The fourth-order valence-electron chi connectivity index (χ4n) is 2.56. The summed E-state index contributed by atoms with van der Waals surface area (Å²) >= 11 is 1.34. The van der Waals surface area contributed by atoms with Crippen LogP contribution in [-0.4, -0.2) is 21.7 Å². The summed E-state index contributed by atoms with van der Waals surface area (Å²) in [6, 6.07) is 18.7. The van der Waals surface area contributed by atoms with Gasteiger partial charge in [-0.15, -0.1) is 0 Å². The topological polar surface area (TPSA) is 76.0 Å². The second kappa shape index (κ2) is 8.55. The third kappa shape index (κ3) is 4.98. The summed E-state index contributed by atoms with van der Waals surface area (Å²) < 4.78 is 1.37. The van der Waals surface area contributed by atoms with Gasteiger partial charge < -0.3 is 10.6 Å². The Morgan fingerprint density at radius 1 is 1.04 bits per heavy atom. The molecule has 0 radical (unpaired) electrons. The first-order valence-electron chi connectivity index (χ1n) is 8.39. The smallest absolute Gasteiger partial charge is 0.254 e. The fraction of sp³-hybridized carbons (Fsp3) is 0.150. The molecule has 0 unspecified atom stereocenters. The predicted octanol–water partition coefficient (Wildman–Crippen LogP) is 3.66. The number of hydrogen-bond donors (Lipinski definition) is 2. The molecule has 0 aliphatic rings. The molecule has 1 heterocycles. The predicted molar refractivity (Wildman–Crippen MR) is 110 cm³/mol. The van der Waals surface area contributed by atoms with E-state index in [-0.39, 0.29) is 18.0 Å². The zero-order valence-corrected chi connectivity index (χ0v) is 15.9. The van der Waals surface area contributed by atoms with Crippen LogP contribution in [0.4, 0.5) is 17.1 Å². The monoisotopic (exact) mass is 380 g/mol. The molecule has 7 heteroatoms. The second-order valence-corrected chi connectivity index (χ2v) is 6.70. The summed E-state index contributed by atoms with van der Waals surface area (Å²) in [7, 11) is 0. The lowest BCUT2D eigenvalue weighted by atomic mass is 10.2. The molecule has 0 aliphatic carbocycles. The van der Waals surface area contributed by atoms with Crippen LogP contribution < -0.4 is 16.2 Å². The summed E-state index contributed by atoms with van der Waals surface area (Å²) in [6.45, 7) is 1.68. The molecule has 1 aromatic heterocycles. The van der Waals surface area contributed by atoms with Crippen molar-refractivity contribution in [1.29, 1.82) is 0 Å². The van der Waals surface area contributed by atoms with Crippen LogP contribution in [0.1, 0.15) is 5.69 Å². The Bertz CT molecular complexity index is 985. The Morgan fingerprint density at radius 3 is 2.33 bits per heavy atom. The quantitative estimate of drug-likeness (QED) is 0.504. The fourth-order valence-corrected chi connectivity index (χ4v) is 3.18. The van der Waals surface area contributed by atoms with Crippen LogP contribution in [0.15, 0.2) is 70.6 Å². The molecule has 0 saturated heterocycles. The third-order valence-electron chi connectivity index (χ3n) is 3.82. The van der Waals surface area contributed by atoms with Crippen molar-refractivity contribution in [1.82, 2.24) is 9.55 Å². The molecule has 0 saturated carbocycles. The van der Waals surface area contributed by atoms with Crippen molar-refractivity contribution in [3.05, 3.63) is 76.7 Å². The second-order valence-electron chi connectivity index (χ2n) is 5.93. The molecule has 0 spiro atoms. The van der Waals surface area contributed by atoms with E-state index in [0.29, 0.717) is 16.5 Å². The number of aromatic nitrogens is 2. The van der Waals surface area contributed by atoms with Crippen LogP contribution >= 0.6 is 11.8 Å². The Morgan fingerprint density at radius 2 is 1.67 bits per heavy atom. The largest absolute Gasteiger partial charge is 0.356 e. The van der Waals surface area contributed by atoms with Crippen molar-refractivity contribution in [3.63, 3.8) is 0 Å². The highest BCUT2D eigenvalue weighted by molar-refractivity contribution is 7.98. The first-order chi connectivity index (χ1) is 13.0. The Hall–Kier alpha value is -3.06. The number of carbonyl (C=O) groups excluding carboxylic acids is 1. The molecule has 3 aromatic rings. The van der Waals surface area contributed by atoms with E-state index in [0.717, 1.165) is 11.4 Å². The number of hydrogen-bond acceptors (Lipinski definition) is 5. The average Bonchev–Trinajstić information content (AvgIpc) is 2.66. The molecule has 27 heavy (non-hydrogen) atoms. The molecule has 0 fully saturated rings. The molecular weight excluding hydrogens is 360 g/mol. The molecule has 2 aromatic carbocycles. The summed E-state index contributed by atoms with van der Waals surface area (Å²) in [5, 5.41) is 6.62. The minimum absolute atomic E-state index is 0.0771. The summed E-state index contributed by atoms with van der Waals surface area (Å²) in [4.78, 5) is 28.8. The number of rotatable bonds is 6. The number of nitrogens with zero attached hydrogens (tertiary/aromatic N) is 2. The maximum atomic E-state index is 12.3. The highest BCUT2D eigenvalue weighted by atomic mass is 32.2. The van der Waals surface area contributed by atoms with Gasteiger partial charge >= 0.3 is 0 Å². The van der Waals surface area contributed by atoms with E-state index in [1.807, 2.05) is 60.9 Å². The number of para-hydroxylation sites is 1. The molecule has 2 N–H and O–H groups in total. The number of thioether (sulfide) groups is 1. The van der Waals surface area contributed by atoms with E-state index in [4.69, 9.17) is 0 Å².